The zero-order valence-electron chi connectivity index (χ0n) is 11.1. The highest BCUT2D eigenvalue weighted by atomic mass is 19.1. The van der Waals surface area contributed by atoms with E-state index in [2.05, 4.69) is 15.3 Å². The summed E-state index contributed by atoms with van der Waals surface area (Å²) >= 11 is 0. The molecule has 0 radical (unpaired) electrons. The second-order valence-corrected chi connectivity index (χ2v) is 4.58. The summed E-state index contributed by atoms with van der Waals surface area (Å²) in [6, 6.07) is 4.75. The lowest BCUT2D eigenvalue weighted by Gasteiger charge is -2.21. The summed E-state index contributed by atoms with van der Waals surface area (Å²) in [6.07, 6.45) is 1.62. The van der Waals surface area contributed by atoms with Gasteiger partial charge < -0.3 is 19.8 Å². The monoisotopic (exact) mass is 277 g/mol. The normalized spacial score (nSPS) is 19.0. The molecule has 1 aromatic carbocycles. The lowest BCUT2D eigenvalue weighted by atomic mass is 10.1. The van der Waals surface area contributed by atoms with Crippen LogP contribution in [0.5, 0.6) is 5.75 Å². The first kappa shape index (κ1) is 13.1. The molecule has 1 unspecified atom stereocenters. The number of methoxy groups -OCH3 is 1. The average Bonchev–Trinajstić information content (AvgIpc) is 2.97. The Morgan fingerprint density at radius 1 is 1.45 bits per heavy atom. The van der Waals surface area contributed by atoms with E-state index in [0.717, 1.165) is 12.4 Å². The summed E-state index contributed by atoms with van der Waals surface area (Å²) in [4.78, 5) is 7.45. The van der Waals surface area contributed by atoms with Crippen molar-refractivity contribution in [2.75, 3.05) is 26.9 Å². The molecule has 0 aliphatic carbocycles. The van der Waals surface area contributed by atoms with Gasteiger partial charge in [0.2, 0.25) is 0 Å². The molecule has 0 spiro atoms. The molecule has 5 nitrogen and oxygen atoms in total. The Labute approximate surface area is 116 Å². The molecular weight excluding hydrogens is 261 g/mol. The van der Waals surface area contributed by atoms with E-state index in [1.165, 1.54) is 13.2 Å². The Morgan fingerprint density at radius 2 is 2.35 bits per heavy atom. The van der Waals surface area contributed by atoms with Crippen LogP contribution in [0, 0.1) is 5.82 Å². The maximum atomic E-state index is 14.0. The molecular formula is C14H16FN3O2. The van der Waals surface area contributed by atoms with Gasteiger partial charge in [0, 0.05) is 6.54 Å². The lowest BCUT2D eigenvalue weighted by molar-refractivity contribution is 0.0745. The van der Waals surface area contributed by atoms with E-state index >= 15 is 0 Å². The van der Waals surface area contributed by atoms with E-state index in [1.807, 2.05) is 0 Å². The van der Waals surface area contributed by atoms with Gasteiger partial charge in [0.15, 0.2) is 0 Å². The summed E-state index contributed by atoms with van der Waals surface area (Å²) < 4.78 is 24.6. The molecule has 2 heterocycles. The van der Waals surface area contributed by atoms with Crippen molar-refractivity contribution in [2.24, 2.45) is 0 Å². The predicted molar refractivity (Wildman–Crippen MR) is 72.1 cm³/mol. The van der Waals surface area contributed by atoms with Crippen LogP contribution < -0.4 is 10.1 Å². The third-order valence-corrected chi connectivity index (χ3v) is 3.31. The van der Waals surface area contributed by atoms with Gasteiger partial charge in [-0.1, -0.05) is 6.07 Å². The number of benzene rings is 1. The number of halogens is 1. The van der Waals surface area contributed by atoms with Gasteiger partial charge >= 0.3 is 0 Å². The minimum absolute atomic E-state index is 0.00951. The highest BCUT2D eigenvalue weighted by molar-refractivity contribution is 5.67. The maximum absolute atomic E-state index is 14.0. The van der Waals surface area contributed by atoms with Crippen LogP contribution >= 0.6 is 0 Å². The fraction of sp³-hybridized carbons (Fsp3) is 0.357. The van der Waals surface area contributed by atoms with Crippen LogP contribution in [-0.4, -0.2) is 36.8 Å². The first-order valence-electron chi connectivity index (χ1n) is 6.48. The smallest absolute Gasteiger partial charge is 0.136 e. The van der Waals surface area contributed by atoms with Gasteiger partial charge in [0.05, 0.1) is 43.8 Å². The van der Waals surface area contributed by atoms with Crippen LogP contribution in [0.3, 0.4) is 0 Å². The average molecular weight is 277 g/mol. The van der Waals surface area contributed by atoms with Gasteiger partial charge in [-0.05, 0) is 12.1 Å². The van der Waals surface area contributed by atoms with E-state index in [9.17, 15) is 4.39 Å². The van der Waals surface area contributed by atoms with Gasteiger partial charge in [-0.25, -0.2) is 9.37 Å². The minimum Gasteiger partial charge on any atom is -0.496 e. The number of H-pyrrole nitrogens is 1. The van der Waals surface area contributed by atoms with Crippen molar-refractivity contribution in [1.82, 2.24) is 15.3 Å². The zero-order valence-corrected chi connectivity index (χ0v) is 11.1. The van der Waals surface area contributed by atoms with E-state index in [0.29, 0.717) is 30.2 Å². The fourth-order valence-corrected chi connectivity index (χ4v) is 2.32. The Kier molecular flexibility index (Phi) is 3.66. The molecule has 0 amide bonds. The van der Waals surface area contributed by atoms with E-state index in [1.54, 1.807) is 18.3 Å². The first-order chi connectivity index (χ1) is 9.79. The number of morpholine rings is 1. The second kappa shape index (κ2) is 5.60. The number of rotatable bonds is 3. The number of hydrogen-bond acceptors (Lipinski definition) is 4. The molecule has 1 aromatic heterocycles. The maximum Gasteiger partial charge on any atom is 0.136 e. The molecule has 6 heteroatoms. The van der Waals surface area contributed by atoms with Gasteiger partial charge in [0.25, 0.3) is 0 Å². The molecule has 0 saturated carbocycles. The number of imidazole rings is 1. The number of ether oxygens (including phenoxy) is 2. The largest absolute Gasteiger partial charge is 0.496 e. The zero-order chi connectivity index (χ0) is 13.9. The molecule has 1 aliphatic rings. The van der Waals surface area contributed by atoms with Crippen LogP contribution in [0.4, 0.5) is 4.39 Å². The van der Waals surface area contributed by atoms with Crippen molar-refractivity contribution in [2.45, 2.75) is 6.04 Å². The Morgan fingerprint density at radius 3 is 3.10 bits per heavy atom. The SMILES string of the molecule is COc1cccc(F)c1-c1cnc(C2COCCN2)[nH]1. The van der Waals surface area contributed by atoms with E-state index in [-0.39, 0.29) is 11.9 Å². The van der Waals surface area contributed by atoms with E-state index in [4.69, 9.17) is 9.47 Å². The molecule has 1 saturated heterocycles. The lowest BCUT2D eigenvalue weighted by Crippen LogP contribution is -2.35. The molecule has 2 N–H and O–H groups in total. The Hall–Kier alpha value is -1.92. The molecule has 3 rings (SSSR count). The van der Waals surface area contributed by atoms with Crippen LogP contribution in [0.1, 0.15) is 11.9 Å². The van der Waals surface area contributed by atoms with Crippen molar-refractivity contribution < 1.29 is 13.9 Å². The third kappa shape index (κ3) is 2.39. The number of aromatic amines is 1. The van der Waals surface area contributed by atoms with Gasteiger partial charge in [-0.2, -0.15) is 0 Å². The minimum atomic E-state index is -0.340. The van der Waals surface area contributed by atoms with Crippen LogP contribution in [0.15, 0.2) is 24.4 Å². The summed E-state index contributed by atoms with van der Waals surface area (Å²) in [7, 11) is 1.52. The van der Waals surface area contributed by atoms with Gasteiger partial charge in [0.1, 0.15) is 17.4 Å². The molecule has 1 fully saturated rings. The van der Waals surface area contributed by atoms with Crippen LogP contribution in [0.25, 0.3) is 11.3 Å². The van der Waals surface area contributed by atoms with Crippen molar-refractivity contribution in [1.29, 1.82) is 0 Å². The Bertz CT molecular complexity index is 594. The molecule has 0 bridgehead atoms. The number of nitrogens with zero attached hydrogens (tertiary/aromatic N) is 1. The molecule has 20 heavy (non-hydrogen) atoms. The molecule has 1 aliphatic heterocycles. The van der Waals surface area contributed by atoms with Crippen molar-refractivity contribution in [3.05, 3.63) is 36.0 Å². The quantitative estimate of drug-likeness (QED) is 0.899. The second-order valence-electron chi connectivity index (χ2n) is 4.58. The van der Waals surface area contributed by atoms with Crippen molar-refractivity contribution in [3.63, 3.8) is 0 Å². The van der Waals surface area contributed by atoms with Gasteiger partial charge in [-0.15, -0.1) is 0 Å². The summed E-state index contributed by atoms with van der Waals surface area (Å²) in [6.45, 7) is 2.04. The fourth-order valence-electron chi connectivity index (χ4n) is 2.32. The topological polar surface area (TPSA) is 59.2 Å². The van der Waals surface area contributed by atoms with Crippen LogP contribution in [-0.2, 0) is 4.74 Å². The van der Waals surface area contributed by atoms with E-state index < -0.39 is 0 Å². The summed E-state index contributed by atoms with van der Waals surface area (Å²) in [5.41, 5.74) is 0.993. The Balaban J connectivity index is 1.93. The summed E-state index contributed by atoms with van der Waals surface area (Å²) in [5.74, 6) is 0.880. The number of nitrogens with one attached hydrogen (secondary N) is 2. The van der Waals surface area contributed by atoms with Gasteiger partial charge in [-0.3, -0.25) is 0 Å². The first-order valence-corrected chi connectivity index (χ1v) is 6.48. The molecule has 106 valence electrons. The summed E-state index contributed by atoms with van der Waals surface area (Å²) in [5, 5.41) is 3.30. The number of hydrogen-bond donors (Lipinski definition) is 2. The predicted octanol–water partition coefficient (Wildman–Crippen LogP) is 1.89. The third-order valence-electron chi connectivity index (χ3n) is 3.31. The van der Waals surface area contributed by atoms with Crippen LogP contribution in [0.2, 0.25) is 0 Å². The highest BCUT2D eigenvalue weighted by Gasteiger charge is 2.20. The molecule has 1 atom stereocenters. The number of aromatic nitrogens is 2. The standard InChI is InChI=1S/C14H16FN3O2/c1-19-12-4-2-3-9(15)13(12)10-7-17-14(18-10)11-8-20-6-5-16-11/h2-4,7,11,16H,5-6,8H2,1H3,(H,17,18). The molecule has 2 aromatic rings. The van der Waals surface area contributed by atoms with Crippen molar-refractivity contribution in [3.8, 4) is 17.0 Å². The highest BCUT2D eigenvalue weighted by Crippen LogP contribution is 2.31. The van der Waals surface area contributed by atoms with Crippen molar-refractivity contribution >= 4 is 0 Å².